The fourth-order valence-electron chi connectivity index (χ4n) is 2.37. The van der Waals surface area contributed by atoms with E-state index in [9.17, 15) is 9.90 Å². The number of methoxy groups -OCH3 is 1. The highest BCUT2D eigenvalue weighted by atomic mass is 16.5. The van der Waals surface area contributed by atoms with Crippen LogP contribution in [0.3, 0.4) is 0 Å². The van der Waals surface area contributed by atoms with Crippen LogP contribution in [0.4, 0.5) is 0 Å². The molecule has 0 aromatic rings. The molecular formula is C16H32O3. The molecule has 0 aliphatic carbocycles. The van der Waals surface area contributed by atoms with Gasteiger partial charge >= 0.3 is 5.97 Å². The molecule has 0 aromatic heterocycles. The second-order valence-electron chi connectivity index (χ2n) is 6.19. The Kier molecular flexibility index (Phi) is 10.9. The first-order valence-corrected chi connectivity index (χ1v) is 7.67. The van der Waals surface area contributed by atoms with E-state index in [-0.39, 0.29) is 5.97 Å². The minimum Gasteiger partial charge on any atom is -0.469 e. The maximum Gasteiger partial charge on any atom is 0.305 e. The topological polar surface area (TPSA) is 46.5 Å². The van der Waals surface area contributed by atoms with Crippen molar-refractivity contribution < 1.29 is 14.6 Å². The van der Waals surface area contributed by atoms with Crippen molar-refractivity contribution in [1.29, 1.82) is 0 Å². The molecule has 0 spiro atoms. The summed E-state index contributed by atoms with van der Waals surface area (Å²) in [6, 6.07) is 0. The average molecular weight is 272 g/mol. The third kappa shape index (κ3) is 11.0. The zero-order valence-corrected chi connectivity index (χ0v) is 13.2. The van der Waals surface area contributed by atoms with Gasteiger partial charge in [-0.1, -0.05) is 46.5 Å². The Hall–Kier alpha value is -0.570. The Bertz CT molecular complexity index is 226. The third-order valence-electron chi connectivity index (χ3n) is 3.70. The lowest BCUT2D eigenvalue weighted by atomic mass is 9.92. The van der Waals surface area contributed by atoms with E-state index in [4.69, 9.17) is 0 Å². The van der Waals surface area contributed by atoms with Crippen LogP contribution in [0.5, 0.6) is 0 Å². The molecule has 0 aliphatic heterocycles. The molecule has 0 aliphatic rings. The lowest BCUT2D eigenvalue weighted by Gasteiger charge is -2.16. The van der Waals surface area contributed by atoms with Gasteiger partial charge in [-0.15, -0.1) is 0 Å². The predicted molar refractivity (Wildman–Crippen MR) is 78.9 cm³/mol. The van der Waals surface area contributed by atoms with Gasteiger partial charge in [0.05, 0.1) is 7.11 Å². The number of aliphatic hydroxyl groups is 1. The number of esters is 1. The molecule has 0 amide bonds. The predicted octanol–water partition coefficient (Wildman–Crippen LogP) is 3.79. The molecule has 0 aromatic carbocycles. The number of carbonyl (C=O) groups excluding carboxylic acids is 1. The minimum absolute atomic E-state index is 0.122. The van der Waals surface area contributed by atoms with Gasteiger partial charge in [0.15, 0.2) is 0 Å². The minimum atomic E-state index is -0.122. The molecular weight excluding hydrogens is 240 g/mol. The lowest BCUT2D eigenvalue weighted by molar-refractivity contribution is -0.141. The smallest absolute Gasteiger partial charge is 0.305 e. The highest BCUT2D eigenvalue weighted by Crippen LogP contribution is 2.20. The molecule has 0 saturated heterocycles. The first kappa shape index (κ1) is 18.4. The van der Waals surface area contributed by atoms with Crippen LogP contribution in [0.1, 0.15) is 65.7 Å². The Balaban J connectivity index is 3.67. The Morgan fingerprint density at radius 2 is 1.63 bits per heavy atom. The van der Waals surface area contributed by atoms with Crippen molar-refractivity contribution in [2.24, 2.45) is 17.8 Å². The van der Waals surface area contributed by atoms with Crippen LogP contribution >= 0.6 is 0 Å². The molecule has 2 atom stereocenters. The summed E-state index contributed by atoms with van der Waals surface area (Å²) in [4.78, 5) is 11.1. The maximum absolute atomic E-state index is 11.1. The van der Waals surface area contributed by atoms with Gasteiger partial charge in [-0.05, 0) is 30.6 Å². The molecule has 0 radical (unpaired) electrons. The zero-order chi connectivity index (χ0) is 14.7. The SMILES string of the molecule is COC(=O)CC(C)CCCC(CO)CCCC(C)C. The lowest BCUT2D eigenvalue weighted by Crippen LogP contribution is -2.10. The van der Waals surface area contributed by atoms with E-state index < -0.39 is 0 Å². The van der Waals surface area contributed by atoms with Gasteiger partial charge < -0.3 is 9.84 Å². The molecule has 0 heterocycles. The standard InChI is InChI=1S/C16H32O3/c1-13(2)7-5-9-15(12-17)10-6-8-14(3)11-16(18)19-4/h13-15,17H,5-12H2,1-4H3. The average Bonchev–Trinajstić information content (AvgIpc) is 2.36. The van der Waals surface area contributed by atoms with Gasteiger partial charge in [0, 0.05) is 13.0 Å². The second kappa shape index (κ2) is 11.3. The second-order valence-corrected chi connectivity index (χ2v) is 6.19. The van der Waals surface area contributed by atoms with E-state index in [0.29, 0.717) is 24.9 Å². The summed E-state index contributed by atoms with van der Waals surface area (Å²) >= 11 is 0. The zero-order valence-electron chi connectivity index (χ0n) is 13.2. The Morgan fingerprint density at radius 1 is 1.05 bits per heavy atom. The summed E-state index contributed by atoms with van der Waals surface area (Å²) in [7, 11) is 1.44. The molecule has 0 rings (SSSR count). The van der Waals surface area contributed by atoms with Crippen molar-refractivity contribution in [3.05, 3.63) is 0 Å². The largest absolute Gasteiger partial charge is 0.469 e. The molecule has 0 saturated carbocycles. The van der Waals surface area contributed by atoms with Crippen LogP contribution in [-0.2, 0) is 9.53 Å². The number of hydrogen-bond acceptors (Lipinski definition) is 3. The van der Waals surface area contributed by atoms with E-state index in [1.807, 2.05) is 0 Å². The van der Waals surface area contributed by atoms with Crippen LogP contribution in [0.25, 0.3) is 0 Å². The van der Waals surface area contributed by atoms with Gasteiger partial charge in [0.1, 0.15) is 0 Å². The first-order chi connectivity index (χ1) is 8.99. The van der Waals surface area contributed by atoms with E-state index in [1.54, 1.807) is 0 Å². The molecule has 3 heteroatoms. The molecule has 0 fully saturated rings. The van der Waals surface area contributed by atoms with Crippen LogP contribution in [0.15, 0.2) is 0 Å². The van der Waals surface area contributed by atoms with E-state index >= 15 is 0 Å². The van der Waals surface area contributed by atoms with Gasteiger partial charge in [-0.3, -0.25) is 4.79 Å². The number of rotatable bonds is 11. The van der Waals surface area contributed by atoms with Gasteiger partial charge in [0.2, 0.25) is 0 Å². The van der Waals surface area contributed by atoms with E-state index in [1.165, 1.54) is 20.0 Å². The van der Waals surface area contributed by atoms with Gasteiger partial charge in [0.25, 0.3) is 0 Å². The fourth-order valence-corrected chi connectivity index (χ4v) is 2.37. The summed E-state index contributed by atoms with van der Waals surface area (Å²) in [5.41, 5.74) is 0. The van der Waals surface area contributed by atoms with Crippen molar-refractivity contribution in [3.63, 3.8) is 0 Å². The van der Waals surface area contributed by atoms with E-state index in [0.717, 1.165) is 31.6 Å². The van der Waals surface area contributed by atoms with E-state index in [2.05, 4.69) is 25.5 Å². The Morgan fingerprint density at radius 3 is 2.11 bits per heavy atom. The summed E-state index contributed by atoms with van der Waals surface area (Å²) in [5, 5.41) is 9.37. The summed E-state index contributed by atoms with van der Waals surface area (Å²) in [6.45, 7) is 6.86. The van der Waals surface area contributed by atoms with Crippen LogP contribution in [-0.4, -0.2) is 24.8 Å². The fraction of sp³-hybridized carbons (Fsp3) is 0.938. The number of hydrogen-bond donors (Lipinski definition) is 1. The van der Waals surface area contributed by atoms with Gasteiger partial charge in [-0.25, -0.2) is 0 Å². The summed E-state index contributed by atoms with van der Waals surface area (Å²) in [5.74, 6) is 1.44. The molecule has 0 bridgehead atoms. The van der Waals surface area contributed by atoms with Crippen molar-refractivity contribution in [1.82, 2.24) is 0 Å². The van der Waals surface area contributed by atoms with Crippen LogP contribution in [0, 0.1) is 17.8 Å². The number of carbonyl (C=O) groups is 1. The highest BCUT2D eigenvalue weighted by molar-refractivity contribution is 5.69. The van der Waals surface area contributed by atoms with Gasteiger partial charge in [-0.2, -0.15) is 0 Å². The van der Waals surface area contributed by atoms with Crippen molar-refractivity contribution in [3.8, 4) is 0 Å². The molecule has 114 valence electrons. The summed E-state index contributed by atoms with van der Waals surface area (Å²) in [6.07, 6.45) is 7.28. The van der Waals surface area contributed by atoms with Crippen LogP contribution < -0.4 is 0 Å². The number of ether oxygens (including phenoxy) is 1. The number of aliphatic hydroxyl groups excluding tert-OH is 1. The third-order valence-corrected chi connectivity index (χ3v) is 3.70. The highest BCUT2D eigenvalue weighted by Gasteiger charge is 2.12. The van der Waals surface area contributed by atoms with Crippen molar-refractivity contribution in [2.75, 3.05) is 13.7 Å². The first-order valence-electron chi connectivity index (χ1n) is 7.67. The van der Waals surface area contributed by atoms with Crippen molar-refractivity contribution in [2.45, 2.75) is 65.7 Å². The maximum atomic E-state index is 11.1. The molecule has 1 N–H and O–H groups in total. The summed E-state index contributed by atoms with van der Waals surface area (Å²) < 4.78 is 4.67. The molecule has 3 nitrogen and oxygen atoms in total. The van der Waals surface area contributed by atoms with Crippen LogP contribution in [0.2, 0.25) is 0 Å². The normalized spacial score (nSPS) is 14.4. The Labute approximate surface area is 118 Å². The molecule has 19 heavy (non-hydrogen) atoms. The quantitative estimate of drug-likeness (QED) is 0.582. The molecule has 2 unspecified atom stereocenters. The monoisotopic (exact) mass is 272 g/mol. The van der Waals surface area contributed by atoms with Crippen molar-refractivity contribution >= 4 is 5.97 Å².